The van der Waals surface area contributed by atoms with Gasteiger partial charge in [0.25, 0.3) is 0 Å². The van der Waals surface area contributed by atoms with Crippen LogP contribution in [0.15, 0.2) is 36.4 Å². The lowest BCUT2D eigenvalue weighted by Gasteiger charge is -2.18. The van der Waals surface area contributed by atoms with Gasteiger partial charge in [-0.1, -0.05) is 23.7 Å². The summed E-state index contributed by atoms with van der Waals surface area (Å²) in [7, 11) is 6.11. The van der Waals surface area contributed by atoms with Crippen molar-refractivity contribution in [3.63, 3.8) is 0 Å². The highest BCUT2D eigenvalue weighted by molar-refractivity contribution is 7.16. The number of hydrogen-bond acceptors (Lipinski definition) is 3. The molecule has 102 valence electrons. The molecule has 1 heterocycles. The molecule has 1 N–H and O–H groups in total. The number of likely N-dealkylation sites (N-methyl/N-ethyl adjacent to an activating group) is 1. The van der Waals surface area contributed by atoms with Crippen molar-refractivity contribution in [2.24, 2.45) is 0 Å². The van der Waals surface area contributed by atoms with Crippen LogP contribution in [0.25, 0.3) is 0 Å². The molecule has 0 saturated carbocycles. The zero-order valence-corrected chi connectivity index (χ0v) is 13.1. The van der Waals surface area contributed by atoms with E-state index in [0.717, 1.165) is 10.8 Å². The van der Waals surface area contributed by atoms with Crippen molar-refractivity contribution >= 4 is 28.6 Å². The summed E-state index contributed by atoms with van der Waals surface area (Å²) in [5.41, 5.74) is 2.52. The van der Waals surface area contributed by atoms with Gasteiger partial charge in [0.05, 0.1) is 4.34 Å². The van der Waals surface area contributed by atoms with E-state index in [-0.39, 0.29) is 0 Å². The molecule has 0 saturated heterocycles. The third kappa shape index (κ3) is 3.72. The SMILES string of the molecule is CNC(Cc1ccc(Cl)s1)c1ccc(N(C)C)cc1. The second-order valence-corrected chi connectivity index (χ2v) is 6.54. The molecule has 2 aromatic rings. The van der Waals surface area contributed by atoms with E-state index in [0.29, 0.717) is 6.04 Å². The second kappa shape index (κ2) is 6.42. The minimum atomic E-state index is 0.325. The average molecular weight is 295 g/mol. The maximum absolute atomic E-state index is 5.98. The van der Waals surface area contributed by atoms with Gasteiger partial charge in [0.15, 0.2) is 0 Å². The van der Waals surface area contributed by atoms with Crippen LogP contribution in [0.1, 0.15) is 16.5 Å². The predicted octanol–water partition coefficient (Wildman–Crippen LogP) is 3.97. The largest absolute Gasteiger partial charge is 0.378 e. The van der Waals surface area contributed by atoms with Crippen LogP contribution >= 0.6 is 22.9 Å². The molecule has 1 atom stereocenters. The minimum Gasteiger partial charge on any atom is -0.378 e. The van der Waals surface area contributed by atoms with E-state index in [1.54, 1.807) is 11.3 Å². The zero-order chi connectivity index (χ0) is 13.8. The molecule has 1 unspecified atom stereocenters. The lowest BCUT2D eigenvalue weighted by molar-refractivity contribution is 0.596. The van der Waals surface area contributed by atoms with Gasteiger partial charge in [-0.15, -0.1) is 11.3 Å². The minimum absolute atomic E-state index is 0.325. The fourth-order valence-electron chi connectivity index (χ4n) is 2.05. The molecule has 2 nitrogen and oxygen atoms in total. The Kier molecular flexibility index (Phi) is 4.86. The van der Waals surface area contributed by atoms with E-state index in [9.17, 15) is 0 Å². The second-order valence-electron chi connectivity index (χ2n) is 4.74. The molecular weight excluding hydrogens is 276 g/mol. The van der Waals surface area contributed by atoms with Gasteiger partial charge in [-0.05, 0) is 36.9 Å². The third-order valence-electron chi connectivity index (χ3n) is 3.19. The van der Waals surface area contributed by atoms with E-state index in [2.05, 4.69) is 54.6 Å². The van der Waals surface area contributed by atoms with Gasteiger partial charge in [0.1, 0.15) is 0 Å². The summed E-state index contributed by atoms with van der Waals surface area (Å²) in [6.07, 6.45) is 0.967. The molecule has 0 amide bonds. The molecule has 19 heavy (non-hydrogen) atoms. The molecule has 1 aromatic heterocycles. The van der Waals surface area contributed by atoms with Gasteiger partial charge in [-0.2, -0.15) is 0 Å². The van der Waals surface area contributed by atoms with Gasteiger partial charge >= 0.3 is 0 Å². The first-order valence-corrected chi connectivity index (χ1v) is 7.48. The summed E-state index contributed by atoms with van der Waals surface area (Å²) in [6.45, 7) is 0. The third-order valence-corrected chi connectivity index (χ3v) is 4.45. The first-order chi connectivity index (χ1) is 9.10. The van der Waals surface area contributed by atoms with Crippen LogP contribution in [0, 0.1) is 0 Å². The highest BCUT2D eigenvalue weighted by Crippen LogP contribution is 2.27. The van der Waals surface area contributed by atoms with Gasteiger partial charge in [0, 0.05) is 37.1 Å². The monoisotopic (exact) mass is 294 g/mol. The first kappa shape index (κ1) is 14.4. The van der Waals surface area contributed by atoms with Crippen LogP contribution in [0.4, 0.5) is 5.69 Å². The van der Waals surface area contributed by atoms with E-state index in [4.69, 9.17) is 11.6 Å². The zero-order valence-electron chi connectivity index (χ0n) is 11.5. The first-order valence-electron chi connectivity index (χ1n) is 6.29. The molecule has 0 aliphatic carbocycles. The molecule has 0 fully saturated rings. The van der Waals surface area contributed by atoms with Gasteiger partial charge in [0.2, 0.25) is 0 Å². The normalized spacial score (nSPS) is 12.4. The molecular formula is C15H19ClN2S. The number of nitrogens with zero attached hydrogens (tertiary/aromatic N) is 1. The predicted molar refractivity (Wildman–Crippen MR) is 85.6 cm³/mol. The Morgan fingerprint density at radius 3 is 2.32 bits per heavy atom. The maximum Gasteiger partial charge on any atom is 0.0931 e. The van der Waals surface area contributed by atoms with Gasteiger partial charge in [-0.25, -0.2) is 0 Å². The number of benzene rings is 1. The van der Waals surface area contributed by atoms with Crippen molar-refractivity contribution in [3.8, 4) is 0 Å². The highest BCUT2D eigenvalue weighted by Gasteiger charge is 2.11. The van der Waals surface area contributed by atoms with E-state index < -0.39 is 0 Å². The molecule has 0 radical (unpaired) electrons. The maximum atomic E-state index is 5.98. The number of halogens is 1. The Labute approximate surface area is 124 Å². The fraction of sp³-hybridized carbons (Fsp3) is 0.333. The van der Waals surface area contributed by atoms with Gasteiger partial charge < -0.3 is 10.2 Å². The summed E-state index contributed by atoms with van der Waals surface area (Å²) in [6, 6.07) is 13.1. The van der Waals surface area contributed by atoms with Crippen molar-refractivity contribution in [2.75, 3.05) is 26.0 Å². The molecule has 2 rings (SSSR count). The average Bonchev–Trinajstić information content (AvgIpc) is 2.81. The highest BCUT2D eigenvalue weighted by atomic mass is 35.5. The van der Waals surface area contributed by atoms with Crippen molar-refractivity contribution in [3.05, 3.63) is 51.2 Å². The van der Waals surface area contributed by atoms with Crippen LogP contribution in [0.3, 0.4) is 0 Å². The number of nitrogens with one attached hydrogen (secondary N) is 1. The molecule has 4 heteroatoms. The Morgan fingerprint density at radius 1 is 1.16 bits per heavy atom. The topological polar surface area (TPSA) is 15.3 Å². The van der Waals surface area contributed by atoms with Crippen LogP contribution in [-0.2, 0) is 6.42 Å². The summed E-state index contributed by atoms with van der Waals surface area (Å²) >= 11 is 7.63. The van der Waals surface area contributed by atoms with Crippen LogP contribution < -0.4 is 10.2 Å². The standard InChI is InChI=1S/C15H19ClN2S/c1-17-14(10-13-8-9-15(16)19-13)11-4-6-12(7-5-11)18(2)3/h4-9,14,17H,10H2,1-3H3. The fourth-order valence-corrected chi connectivity index (χ4v) is 3.19. The summed E-state index contributed by atoms with van der Waals surface area (Å²) < 4.78 is 0.854. The van der Waals surface area contributed by atoms with Gasteiger partial charge in [-0.3, -0.25) is 0 Å². The van der Waals surface area contributed by atoms with Crippen LogP contribution in [-0.4, -0.2) is 21.1 Å². The molecule has 0 bridgehead atoms. The van der Waals surface area contributed by atoms with E-state index in [1.807, 2.05) is 13.1 Å². The Balaban J connectivity index is 2.12. The Hall–Kier alpha value is -1.03. The number of hydrogen-bond donors (Lipinski definition) is 1. The van der Waals surface area contributed by atoms with Crippen molar-refractivity contribution in [1.82, 2.24) is 5.32 Å². The molecule has 1 aromatic carbocycles. The number of thiophene rings is 1. The Morgan fingerprint density at radius 2 is 1.84 bits per heavy atom. The number of rotatable bonds is 5. The molecule has 0 aliphatic rings. The molecule has 0 aliphatic heterocycles. The molecule has 0 spiro atoms. The summed E-state index contributed by atoms with van der Waals surface area (Å²) in [5.74, 6) is 0. The van der Waals surface area contributed by atoms with Crippen molar-refractivity contribution in [2.45, 2.75) is 12.5 Å². The van der Waals surface area contributed by atoms with E-state index >= 15 is 0 Å². The van der Waals surface area contributed by atoms with E-state index in [1.165, 1.54) is 16.1 Å². The number of anilines is 1. The smallest absolute Gasteiger partial charge is 0.0931 e. The van der Waals surface area contributed by atoms with Crippen molar-refractivity contribution < 1.29 is 0 Å². The Bertz CT molecular complexity index is 519. The lowest BCUT2D eigenvalue weighted by atomic mass is 10.0. The summed E-state index contributed by atoms with van der Waals surface area (Å²) in [4.78, 5) is 3.41. The summed E-state index contributed by atoms with van der Waals surface area (Å²) in [5, 5.41) is 3.37. The quantitative estimate of drug-likeness (QED) is 0.897. The van der Waals surface area contributed by atoms with Crippen molar-refractivity contribution in [1.29, 1.82) is 0 Å². The van der Waals surface area contributed by atoms with Crippen LogP contribution in [0.2, 0.25) is 4.34 Å². The lowest BCUT2D eigenvalue weighted by Crippen LogP contribution is -2.18. The van der Waals surface area contributed by atoms with Crippen LogP contribution in [0.5, 0.6) is 0 Å².